The zero-order valence-electron chi connectivity index (χ0n) is 24.8. The van der Waals surface area contributed by atoms with Crippen LogP contribution < -0.4 is 16.0 Å². The zero-order valence-corrected chi connectivity index (χ0v) is 26.3. The van der Waals surface area contributed by atoms with Crippen molar-refractivity contribution >= 4 is 56.2 Å². The van der Waals surface area contributed by atoms with E-state index in [1.807, 2.05) is 19.1 Å². The largest absolute Gasteiger partial charge is 0.465 e. The average Bonchev–Trinajstić information content (AvgIpc) is 3.43. The number of carbonyl (C=O) groups is 2. The molecule has 0 radical (unpaired) electrons. The van der Waals surface area contributed by atoms with Gasteiger partial charge in [-0.2, -0.15) is 0 Å². The molecular formula is C33H31ClN6O5S. The van der Waals surface area contributed by atoms with Gasteiger partial charge in [0, 0.05) is 40.0 Å². The summed E-state index contributed by atoms with van der Waals surface area (Å²) in [5, 5.41) is 18.6. The molecule has 4 N–H and O–H groups in total. The van der Waals surface area contributed by atoms with Crippen molar-refractivity contribution in [2.45, 2.75) is 49.1 Å². The Morgan fingerprint density at radius 1 is 1.02 bits per heavy atom. The van der Waals surface area contributed by atoms with Crippen molar-refractivity contribution in [2.75, 3.05) is 10.6 Å². The fourth-order valence-corrected chi connectivity index (χ4v) is 7.53. The number of amides is 2. The lowest BCUT2D eigenvalue weighted by Gasteiger charge is -2.39. The van der Waals surface area contributed by atoms with Crippen LogP contribution in [-0.4, -0.2) is 51.0 Å². The molecule has 2 unspecified atom stereocenters. The summed E-state index contributed by atoms with van der Waals surface area (Å²) in [7, 11) is -3.90. The van der Waals surface area contributed by atoms with Gasteiger partial charge in [-0.3, -0.25) is 10.1 Å². The number of carboxylic acid groups (broad SMARTS) is 1. The van der Waals surface area contributed by atoms with Gasteiger partial charge in [0.05, 0.1) is 27.3 Å². The van der Waals surface area contributed by atoms with Crippen LogP contribution in [0.5, 0.6) is 0 Å². The van der Waals surface area contributed by atoms with E-state index in [1.54, 1.807) is 72.9 Å². The molecule has 1 fully saturated rings. The molecule has 236 valence electrons. The van der Waals surface area contributed by atoms with Gasteiger partial charge in [-0.15, -0.1) is 0 Å². The minimum absolute atomic E-state index is 0.0602. The molecule has 5 aromatic rings. The van der Waals surface area contributed by atoms with Crippen molar-refractivity contribution in [1.82, 2.24) is 19.3 Å². The molecule has 1 saturated carbocycles. The van der Waals surface area contributed by atoms with E-state index in [-0.39, 0.29) is 21.9 Å². The molecule has 0 spiro atoms. The number of benzene rings is 3. The molecule has 2 atom stereocenters. The van der Waals surface area contributed by atoms with Crippen LogP contribution in [0, 0.1) is 0 Å². The Kier molecular flexibility index (Phi) is 8.41. The minimum atomic E-state index is -3.90. The summed E-state index contributed by atoms with van der Waals surface area (Å²) >= 11 is 6.62. The van der Waals surface area contributed by atoms with Gasteiger partial charge in [0.15, 0.2) is 0 Å². The van der Waals surface area contributed by atoms with Crippen molar-refractivity contribution in [3.63, 3.8) is 0 Å². The third-order valence-electron chi connectivity index (χ3n) is 8.10. The molecule has 1 aliphatic carbocycles. The topological polar surface area (TPSA) is 155 Å². The van der Waals surface area contributed by atoms with Crippen LogP contribution in [0.2, 0.25) is 5.02 Å². The Morgan fingerprint density at radius 2 is 1.74 bits per heavy atom. The third-order valence-corrected chi connectivity index (χ3v) is 10.1. The number of rotatable bonds is 8. The quantitative estimate of drug-likeness (QED) is 0.145. The number of hydrogen-bond donors (Lipinski definition) is 4. The normalized spacial score (nSPS) is 18.2. The highest BCUT2D eigenvalue weighted by Crippen LogP contribution is 2.36. The lowest BCUT2D eigenvalue weighted by molar-refractivity contribution is 0.0879. The van der Waals surface area contributed by atoms with E-state index in [0.717, 1.165) is 19.3 Å². The lowest BCUT2D eigenvalue weighted by Crippen LogP contribution is -2.51. The molecule has 0 aliphatic heterocycles. The minimum Gasteiger partial charge on any atom is -0.465 e. The van der Waals surface area contributed by atoms with Crippen LogP contribution in [0.15, 0.2) is 96.2 Å². The van der Waals surface area contributed by atoms with Gasteiger partial charge in [-0.05, 0) is 75.1 Å². The van der Waals surface area contributed by atoms with Crippen molar-refractivity contribution < 1.29 is 23.1 Å². The van der Waals surface area contributed by atoms with Gasteiger partial charge >= 0.3 is 6.09 Å². The first-order valence-electron chi connectivity index (χ1n) is 14.7. The Hall–Kier alpha value is -4.94. The fraction of sp³-hybridized carbons (Fsp3) is 0.212. The summed E-state index contributed by atoms with van der Waals surface area (Å²) < 4.78 is 28.5. The third kappa shape index (κ3) is 6.40. The first-order chi connectivity index (χ1) is 22.0. The predicted molar refractivity (Wildman–Crippen MR) is 177 cm³/mol. The highest BCUT2D eigenvalue weighted by molar-refractivity contribution is 7.90. The van der Waals surface area contributed by atoms with E-state index in [4.69, 9.17) is 21.7 Å². The standard InChI is InChI=1S/C33H31ClN6O5S/c1-33(39-30(41)21-13-15-22(16-14-21)37-32(42)43)17-7-8-23(18-33)36-31-35-19-27(34)29(38-31)26-20-40(28-12-6-5-11-25(26)28)46(44,45)24-9-3-2-4-10-24/h2-6,9-16,19-20,23,37H,7-8,17-18H2,1H3,(H,39,41)(H,42,43)(H,35,36,38). The predicted octanol–water partition coefficient (Wildman–Crippen LogP) is 6.62. The van der Waals surface area contributed by atoms with E-state index in [1.165, 1.54) is 10.2 Å². The van der Waals surface area contributed by atoms with Crippen LogP contribution in [0.1, 0.15) is 43.0 Å². The van der Waals surface area contributed by atoms with E-state index < -0.39 is 21.7 Å². The molecular weight excluding hydrogens is 628 g/mol. The van der Waals surface area contributed by atoms with Crippen molar-refractivity contribution in [1.29, 1.82) is 0 Å². The Labute approximate surface area is 270 Å². The molecule has 46 heavy (non-hydrogen) atoms. The summed E-state index contributed by atoms with van der Waals surface area (Å²) in [5.74, 6) is 0.0844. The molecule has 13 heteroatoms. The van der Waals surface area contributed by atoms with Crippen LogP contribution in [-0.2, 0) is 10.0 Å². The van der Waals surface area contributed by atoms with E-state index in [9.17, 15) is 18.0 Å². The summed E-state index contributed by atoms with van der Waals surface area (Å²) in [6.45, 7) is 2.00. The number of nitrogens with zero attached hydrogens (tertiary/aromatic N) is 3. The van der Waals surface area contributed by atoms with Crippen molar-refractivity contribution in [3.05, 3.63) is 102 Å². The molecule has 6 rings (SSSR count). The highest BCUT2D eigenvalue weighted by Gasteiger charge is 2.34. The molecule has 0 saturated heterocycles. The number of nitrogens with one attached hydrogen (secondary N) is 3. The van der Waals surface area contributed by atoms with Crippen LogP contribution in [0.3, 0.4) is 0 Å². The van der Waals surface area contributed by atoms with Gasteiger partial charge in [-0.25, -0.2) is 27.2 Å². The molecule has 11 nitrogen and oxygen atoms in total. The van der Waals surface area contributed by atoms with Gasteiger partial charge in [0.25, 0.3) is 15.9 Å². The highest BCUT2D eigenvalue weighted by atomic mass is 35.5. The summed E-state index contributed by atoms with van der Waals surface area (Å²) in [5.41, 5.74) is 1.73. The summed E-state index contributed by atoms with van der Waals surface area (Å²) in [4.78, 5) is 33.3. The first-order valence-corrected chi connectivity index (χ1v) is 16.5. The van der Waals surface area contributed by atoms with Gasteiger partial charge in [0.2, 0.25) is 5.95 Å². The molecule has 2 aromatic heterocycles. The number of anilines is 2. The second-order valence-corrected chi connectivity index (χ2v) is 13.7. The molecule has 2 amide bonds. The van der Waals surface area contributed by atoms with E-state index in [0.29, 0.717) is 45.8 Å². The van der Waals surface area contributed by atoms with Gasteiger partial charge in [0.1, 0.15) is 0 Å². The van der Waals surface area contributed by atoms with E-state index in [2.05, 4.69) is 20.9 Å². The monoisotopic (exact) mass is 658 g/mol. The number of aromatic nitrogens is 3. The number of halogens is 1. The Bertz CT molecular complexity index is 2040. The second-order valence-electron chi connectivity index (χ2n) is 11.5. The number of hydrogen-bond acceptors (Lipinski definition) is 7. The van der Waals surface area contributed by atoms with Gasteiger partial charge in [-0.1, -0.05) is 48.0 Å². The van der Waals surface area contributed by atoms with Crippen LogP contribution in [0.25, 0.3) is 22.2 Å². The fourth-order valence-electron chi connectivity index (χ4n) is 5.95. The summed E-state index contributed by atoms with van der Waals surface area (Å²) in [6.07, 6.45) is 4.92. The molecule has 2 heterocycles. The van der Waals surface area contributed by atoms with Crippen LogP contribution >= 0.6 is 11.6 Å². The smallest absolute Gasteiger partial charge is 0.409 e. The van der Waals surface area contributed by atoms with Crippen LogP contribution in [0.4, 0.5) is 16.4 Å². The number of fused-ring (bicyclic) bond motifs is 1. The maximum absolute atomic E-state index is 13.6. The SMILES string of the molecule is CC1(NC(=O)c2ccc(NC(=O)O)cc2)CCCC(Nc2ncc(Cl)c(-c3cn(S(=O)(=O)c4ccccc4)c4ccccc34)n2)C1. The Balaban J connectivity index is 1.23. The van der Waals surface area contributed by atoms with Crippen molar-refractivity contribution in [2.24, 2.45) is 0 Å². The molecule has 1 aliphatic rings. The molecule has 0 bridgehead atoms. The molecule has 3 aromatic carbocycles. The maximum atomic E-state index is 13.6. The average molecular weight is 659 g/mol. The van der Waals surface area contributed by atoms with E-state index >= 15 is 0 Å². The number of para-hydroxylation sites is 1. The van der Waals surface area contributed by atoms with Crippen molar-refractivity contribution in [3.8, 4) is 11.3 Å². The first kappa shape index (κ1) is 31.1. The Morgan fingerprint density at radius 3 is 2.48 bits per heavy atom. The second kappa shape index (κ2) is 12.5. The van der Waals surface area contributed by atoms with Gasteiger partial charge < -0.3 is 15.7 Å². The summed E-state index contributed by atoms with van der Waals surface area (Å²) in [6, 6.07) is 21.6. The number of carbonyl (C=O) groups excluding carboxylic acids is 1. The lowest BCUT2D eigenvalue weighted by atomic mass is 9.80. The maximum Gasteiger partial charge on any atom is 0.409 e. The zero-order chi connectivity index (χ0) is 32.5.